The fraction of sp³-hybridized carbons (Fsp3) is 0.625. The topological polar surface area (TPSA) is 41.7 Å². The van der Waals surface area contributed by atoms with E-state index in [1.807, 2.05) is 24.3 Å². The molecule has 21 heavy (non-hydrogen) atoms. The van der Waals surface area contributed by atoms with Gasteiger partial charge in [-0.1, -0.05) is 11.6 Å². The summed E-state index contributed by atoms with van der Waals surface area (Å²) < 4.78 is 5.74. The zero-order valence-corrected chi connectivity index (χ0v) is 13.8. The summed E-state index contributed by atoms with van der Waals surface area (Å²) in [5.74, 6) is 0.878. The molecule has 4 nitrogen and oxygen atoms in total. The Morgan fingerprint density at radius 2 is 1.67 bits per heavy atom. The lowest BCUT2D eigenvalue weighted by Gasteiger charge is -2.37. The molecular formula is C16H26ClN3O. The van der Waals surface area contributed by atoms with Crippen LogP contribution in [0.1, 0.15) is 13.8 Å². The molecule has 0 unspecified atom stereocenters. The van der Waals surface area contributed by atoms with Crippen molar-refractivity contribution < 1.29 is 4.74 Å². The molecule has 0 saturated carbocycles. The van der Waals surface area contributed by atoms with E-state index in [9.17, 15) is 0 Å². The van der Waals surface area contributed by atoms with Gasteiger partial charge in [0, 0.05) is 49.8 Å². The van der Waals surface area contributed by atoms with E-state index in [4.69, 9.17) is 22.1 Å². The van der Waals surface area contributed by atoms with Crippen molar-refractivity contribution in [3.8, 4) is 5.75 Å². The Balaban J connectivity index is 1.64. The zero-order valence-electron chi connectivity index (χ0n) is 13.0. The molecule has 0 aliphatic carbocycles. The summed E-state index contributed by atoms with van der Waals surface area (Å²) in [5.41, 5.74) is 5.96. The van der Waals surface area contributed by atoms with Crippen LogP contribution in [0, 0.1) is 0 Å². The van der Waals surface area contributed by atoms with Gasteiger partial charge >= 0.3 is 0 Å². The first kappa shape index (κ1) is 16.6. The molecule has 1 aliphatic rings. The summed E-state index contributed by atoms with van der Waals surface area (Å²) in [6.45, 7) is 11.1. The minimum absolute atomic E-state index is 0.111. The van der Waals surface area contributed by atoms with Gasteiger partial charge in [0.1, 0.15) is 12.4 Å². The number of hydrogen-bond acceptors (Lipinski definition) is 4. The maximum absolute atomic E-state index is 6.07. The van der Waals surface area contributed by atoms with Crippen molar-refractivity contribution >= 4 is 11.6 Å². The van der Waals surface area contributed by atoms with Gasteiger partial charge in [0.05, 0.1) is 0 Å². The molecule has 1 aromatic rings. The van der Waals surface area contributed by atoms with E-state index in [1.54, 1.807) is 0 Å². The van der Waals surface area contributed by atoms with Crippen LogP contribution in [-0.4, -0.2) is 61.2 Å². The highest BCUT2D eigenvalue weighted by molar-refractivity contribution is 6.30. The SMILES string of the molecule is CC(C)(N)CN1CCN(CCOc2ccc(Cl)cc2)CC1. The largest absolute Gasteiger partial charge is 0.492 e. The second-order valence-electron chi connectivity index (χ2n) is 6.41. The van der Waals surface area contributed by atoms with Crippen molar-refractivity contribution in [3.05, 3.63) is 29.3 Å². The standard InChI is InChI=1S/C16H26ClN3O/c1-16(2,18)13-20-9-7-19(8-10-20)11-12-21-15-5-3-14(17)4-6-15/h3-6H,7-13,18H2,1-2H3. The Morgan fingerprint density at radius 3 is 2.24 bits per heavy atom. The summed E-state index contributed by atoms with van der Waals surface area (Å²) in [6, 6.07) is 7.52. The van der Waals surface area contributed by atoms with E-state index >= 15 is 0 Å². The van der Waals surface area contributed by atoms with Gasteiger partial charge in [-0.2, -0.15) is 0 Å². The first-order valence-electron chi connectivity index (χ1n) is 7.54. The molecule has 2 rings (SSSR count). The average Bonchev–Trinajstić information content (AvgIpc) is 2.41. The molecule has 1 aliphatic heterocycles. The Kier molecular flexibility index (Phi) is 5.88. The second-order valence-corrected chi connectivity index (χ2v) is 6.85. The highest BCUT2D eigenvalue weighted by Gasteiger charge is 2.21. The minimum Gasteiger partial charge on any atom is -0.492 e. The van der Waals surface area contributed by atoms with E-state index in [-0.39, 0.29) is 5.54 Å². The highest BCUT2D eigenvalue weighted by atomic mass is 35.5. The molecule has 0 aromatic heterocycles. The van der Waals surface area contributed by atoms with E-state index in [0.717, 1.165) is 50.0 Å². The van der Waals surface area contributed by atoms with E-state index < -0.39 is 0 Å². The molecule has 118 valence electrons. The van der Waals surface area contributed by atoms with Gasteiger partial charge in [-0.3, -0.25) is 9.80 Å². The van der Waals surface area contributed by atoms with Crippen molar-refractivity contribution in [2.75, 3.05) is 45.9 Å². The monoisotopic (exact) mass is 311 g/mol. The molecule has 1 saturated heterocycles. The van der Waals surface area contributed by atoms with Gasteiger partial charge in [-0.05, 0) is 38.1 Å². The third kappa shape index (κ3) is 6.22. The average molecular weight is 312 g/mol. The summed E-state index contributed by atoms with van der Waals surface area (Å²) in [6.07, 6.45) is 0. The van der Waals surface area contributed by atoms with Crippen LogP contribution in [0.25, 0.3) is 0 Å². The van der Waals surface area contributed by atoms with E-state index in [1.165, 1.54) is 0 Å². The predicted octanol–water partition coefficient (Wildman–Crippen LogP) is 2.07. The lowest BCUT2D eigenvalue weighted by molar-refractivity contribution is 0.104. The second kappa shape index (κ2) is 7.45. The third-order valence-corrected chi connectivity index (χ3v) is 3.84. The molecule has 2 N–H and O–H groups in total. The molecule has 0 spiro atoms. The van der Waals surface area contributed by atoms with E-state index in [0.29, 0.717) is 6.61 Å². The van der Waals surface area contributed by atoms with E-state index in [2.05, 4.69) is 23.6 Å². The Morgan fingerprint density at radius 1 is 1.10 bits per heavy atom. The van der Waals surface area contributed by atoms with Gasteiger partial charge in [-0.15, -0.1) is 0 Å². The number of nitrogens with two attached hydrogens (primary N) is 1. The van der Waals surface area contributed by atoms with Crippen molar-refractivity contribution in [1.82, 2.24) is 9.80 Å². The van der Waals surface area contributed by atoms with Crippen LogP contribution >= 0.6 is 11.6 Å². The van der Waals surface area contributed by atoms with Crippen LogP contribution in [0.2, 0.25) is 5.02 Å². The van der Waals surface area contributed by atoms with Crippen molar-refractivity contribution in [3.63, 3.8) is 0 Å². The van der Waals surface area contributed by atoms with Gasteiger partial charge in [-0.25, -0.2) is 0 Å². The van der Waals surface area contributed by atoms with Crippen LogP contribution in [0.5, 0.6) is 5.75 Å². The summed E-state index contributed by atoms with van der Waals surface area (Å²) in [7, 11) is 0. The number of ether oxygens (including phenoxy) is 1. The lowest BCUT2D eigenvalue weighted by Crippen LogP contribution is -2.53. The minimum atomic E-state index is -0.111. The van der Waals surface area contributed by atoms with Crippen LogP contribution in [0.15, 0.2) is 24.3 Å². The van der Waals surface area contributed by atoms with Crippen molar-refractivity contribution in [1.29, 1.82) is 0 Å². The number of hydrogen-bond donors (Lipinski definition) is 1. The van der Waals surface area contributed by atoms with Crippen molar-refractivity contribution in [2.24, 2.45) is 5.73 Å². The quantitative estimate of drug-likeness (QED) is 0.873. The molecule has 0 amide bonds. The maximum atomic E-state index is 6.07. The molecule has 0 radical (unpaired) electrons. The normalized spacial score (nSPS) is 17.9. The van der Waals surface area contributed by atoms with Crippen LogP contribution in [-0.2, 0) is 0 Å². The molecule has 0 bridgehead atoms. The molecule has 5 heteroatoms. The lowest BCUT2D eigenvalue weighted by atomic mass is 10.1. The number of rotatable bonds is 6. The molecule has 1 aromatic carbocycles. The Bertz CT molecular complexity index is 422. The Hall–Kier alpha value is -0.810. The maximum Gasteiger partial charge on any atom is 0.119 e. The number of halogens is 1. The summed E-state index contributed by atoms with van der Waals surface area (Å²) >= 11 is 5.85. The van der Waals surface area contributed by atoms with Crippen LogP contribution < -0.4 is 10.5 Å². The van der Waals surface area contributed by atoms with Gasteiger partial charge < -0.3 is 10.5 Å². The molecular weight excluding hydrogens is 286 g/mol. The number of benzene rings is 1. The third-order valence-electron chi connectivity index (χ3n) is 3.59. The first-order valence-corrected chi connectivity index (χ1v) is 7.92. The number of piperazine rings is 1. The molecule has 1 fully saturated rings. The smallest absolute Gasteiger partial charge is 0.119 e. The van der Waals surface area contributed by atoms with Crippen LogP contribution in [0.3, 0.4) is 0 Å². The molecule has 0 atom stereocenters. The zero-order chi connectivity index (χ0) is 15.3. The van der Waals surface area contributed by atoms with Crippen LogP contribution in [0.4, 0.5) is 0 Å². The molecule has 1 heterocycles. The number of nitrogens with zero attached hydrogens (tertiary/aromatic N) is 2. The van der Waals surface area contributed by atoms with Gasteiger partial charge in [0.2, 0.25) is 0 Å². The predicted molar refractivity (Wildman–Crippen MR) is 88.1 cm³/mol. The first-order chi connectivity index (χ1) is 9.92. The van der Waals surface area contributed by atoms with Gasteiger partial charge in [0.15, 0.2) is 0 Å². The fourth-order valence-corrected chi connectivity index (χ4v) is 2.70. The Labute approximate surface area is 132 Å². The summed E-state index contributed by atoms with van der Waals surface area (Å²) in [5, 5.41) is 0.737. The highest BCUT2D eigenvalue weighted by Crippen LogP contribution is 2.15. The summed E-state index contributed by atoms with van der Waals surface area (Å²) in [4.78, 5) is 4.88. The van der Waals surface area contributed by atoms with Gasteiger partial charge in [0.25, 0.3) is 0 Å². The fourth-order valence-electron chi connectivity index (χ4n) is 2.57. The van der Waals surface area contributed by atoms with Crippen molar-refractivity contribution in [2.45, 2.75) is 19.4 Å².